The van der Waals surface area contributed by atoms with Crippen LogP contribution in [0.3, 0.4) is 0 Å². The number of aliphatic hydroxyl groups is 10. The molecular weight excluding hydrogens is 921 g/mol. The van der Waals surface area contributed by atoms with Gasteiger partial charge in [0.2, 0.25) is 0 Å². The van der Waals surface area contributed by atoms with Crippen molar-refractivity contribution in [2.24, 2.45) is 0 Å². The molecule has 388 valence electrons. The maximum atomic E-state index is 11.3. The van der Waals surface area contributed by atoms with E-state index in [1.807, 2.05) is 0 Å². The van der Waals surface area contributed by atoms with E-state index in [1.165, 1.54) is 27.7 Å². The Labute approximate surface area is 422 Å². The summed E-state index contributed by atoms with van der Waals surface area (Å²) in [7, 11) is 0. The Bertz CT molecular complexity index is 1290. The molecule has 0 radical (unpaired) electrons. The minimum atomic E-state index is -1.64. The number of hydrogen-bond acceptors (Lipinski definition) is 22. The second-order valence-electron chi connectivity index (χ2n) is 18.0. The molecule has 4 saturated heterocycles. The molecule has 23 heteroatoms. The van der Waals surface area contributed by atoms with E-state index in [-0.39, 0.29) is 37.7 Å². The maximum absolute atomic E-state index is 11.3. The monoisotopic (exact) mass is 998 g/mol. The number of ether oxygens (including phenoxy) is 8. The normalized spacial score (nSPS) is 39.9. The van der Waals surface area contributed by atoms with E-state index in [0.717, 1.165) is 64.2 Å². The van der Waals surface area contributed by atoms with Crippen molar-refractivity contribution in [2.75, 3.05) is 0 Å². The van der Waals surface area contributed by atoms with E-state index < -0.39 is 160 Å². The van der Waals surface area contributed by atoms with Gasteiger partial charge in [-0.15, -0.1) is 0 Å². The largest absolute Gasteiger partial charge is 2.00 e. The smallest absolute Gasteiger partial charge is 0.550 e. The van der Waals surface area contributed by atoms with E-state index in [1.54, 1.807) is 0 Å². The summed E-state index contributed by atoms with van der Waals surface area (Å²) in [6.07, 6.45) is -18.4. The van der Waals surface area contributed by atoms with Gasteiger partial charge in [0.15, 0.2) is 25.2 Å². The molecule has 10 N–H and O–H groups in total. The minimum Gasteiger partial charge on any atom is -0.550 e. The summed E-state index contributed by atoms with van der Waals surface area (Å²) >= 11 is 0. The Balaban J connectivity index is 0.000000453. The summed E-state index contributed by atoms with van der Waals surface area (Å²) in [5.74, 6) is -2.60. The van der Waals surface area contributed by atoms with Crippen LogP contribution in [0.2, 0.25) is 0 Å². The second kappa shape index (κ2) is 31.2. The van der Waals surface area contributed by atoms with Gasteiger partial charge in [0, 0.05) is 24.8 Å². The first-order chi connectivity index (χ1) is 31.1. The number of rotatable bonds is 24. The molecule has 0 aromatic rings. The summed E-state index contributed by atoms with van der Waals surface area (Å²) in [6, 6.07) is 0. The van der Waals surface area contributed by atoms with Crippen molar-refractivity contribution in [1.29, 1.82) is 0 Å². The number of aliphatic carboxylic acids is 2. The molecule has 4 unspecified atom stereocenters. The van der Waals surface area contributed by atoms with Crippen molar-refractivity contribution in [3.8, 4) is 0 Å². The van der Waals surface area contributed by atoms with Gasteiger partial charge in [-0.3, -0.25) is 0 Å². The van der Waals surface area contributed by atoms with Gasteiger partial charge in [0.05, 0.1) is 36.6 Å². The predicted octanol–water partition coefficient (Wildman–Crippen LogP) is -3.28. The first kappa shape index (κ1) is 62.6. The van der Waals surface area contributed by atoms with E-state index in [4.69, 9.17) is 37.9 Å². The molecule has 4 aliphatic rings. The fourth-order valence-corrected chi connectivity index (χ4v) is 8.21. The van der Waals surface area contributed by atoms with Crippen molar-refractivity contribution in [1.82, 2.24) is 0 Å². The van der Waals surface area contributed by atoms with Crippen LogP contribution in [0, 0.1) is 0 Å². The van der Waals surface area contributed by atoms with Gasteiger partial charge in [0.1, 0.15) is 73.2 Å². The van der Waals surface area contributed by atoms with Crippen molar-refractivity contribution in [3.63, 3.8) is 0 Å². The maximum Gasteiger partial charge on any atom is 2.00 e. The zero-order valence-corrected chi connectivity index (χ0v) is 41.9. The molecule has 4 heterocycles. The molecule has 4 aliphatic heterocycles. The van der Waals surface area contributed by atoms with Crippen LogP contribution in [0.15, 0.2) is 0 Å². The van der Waals surface area contributed by atoms with Crippen LogP contribution in [0.5, 0.6) is 0 Å². The number of hydrogen-bond donors (Lipinski definition) is 10. The molecular formula is C44H78CaO22. The number of unbranched alkanes of at least 4 members (excludes halogenated alkanes) is 8. The van der Waals surface area contributed by atoms with E-state index in [2.05, 4.69) is 13.8 Å². The van der Waals surface area contributed by atoms with Gasteiger partial charge in [-0.05, 0) is 40.5 Å². The first-order valence-electron chi connectivity index (χ1n) is 23.6. The Morgan fingerprint density at radius 3 is 1.01 bits per heavy atom. The minimum absolute atomic E-state index is 0. The van der Waals surface area contributed by atoms with E-state index >= 15 is 0 Å². The summed E-state index contributed by atoms with van der Waals surface area (Å²) in [6.45, 7) is 10.2. The molecule has 22 nitrogen and oxygen atoms in total. The van der Waals surface area contributed by atoms with Gasteiger partial charge < -0.3 is 109 Å². The number of carbonyl (C=O) groups is 2. The topological polar surface area (TPSA) is 356 Å². The fourth-order valence-electron chi connectivity index (χ4n) is 8.21. The van der Waals surface area contributed by atoms with Crippen molar-refractivity contribution in [2.45, 2.75) is 266 Å². The Morgan fingerprint density at radius 1 is 0.433 bits per heavy atom. The molecule has 0 aromatic carbocycles. The Kier molecular flexibility index (Phi) is 29.1. The van der Waals surface area contributed by atoms with Gasteiger partial charge in [-0.2, -0.15) is 0 Å². The third kappa shape index (κ3) is 19.1. The summed E-state index contributed by atoms with van der Waals surface area (Å²) < 4.78 is 45.3. The summed E-state index contributed by atoms with van der Waals surface area (Å²) in [5.41, 5.74) is 0. The van der Waals surface area contributed by atoms with Crippen molar-refractivity contribution >= 4 is 49.7 Å². The first-order valence-corrected chi connectivity index (χ1v) is 23.6. The molecule has 0 bridgehead atoms. The van der Waals surface area contributed by atoms with Crippen LogP contribution in [-0.4, -0.2) is 236 Å². The molecule has 0 spiro atoms. The molecule has 0 amide bonds. The molecule has 0 aliphatic carbocycles. The van der Waals surface area contributed by atoms with Crippen LogP contribution in [0.4, 0.5) is 0 Å². The number of aliphatic hydroxyl groups excluding tert-OH is 10. The van der Waals surface area contributed by atoms with Gasteiger partial charge >= 0.3 is 37.7 Å². The summed E-state index contributed by atoms with van der Waals surface area (Å²) in [5, 5.41) is 125. The van der Waals surface area contributed by atoms with Crippen molar-refractivity contribution in [3.05, 3.63) is 0 Å². The molecule has 0 aromatic heterocycles. The van der Waals surface area contributed by atoms with Gasteiger partial charge in [-0.25, -0.2) is 0 Å². The molecule has 0 saturated carbocycles. The third-order valence-corrected chi connectivity index (χ3v) is 12.5. The van der Waals surface area contributed by atoms with Crippen LogP contribution < -0.4 is 10.2 Å². The Morgan fingerprint density at radius 2 is 0.716 bits per heavy atom. The number of carboxylic acids is 2. The van der Waals surface area contributed by atoms with Gasteiger partial charge in [0.25, 0.3) is 0 Å². The predicted molar refractivity (Wildman–Crippen MR) is 229 cm³/mol. The quantitative estimate of drug-likeness (QED) is 0.0335. The number of carboxylic acid groups (broad SMARTS) is 2. The molecule has 22 atom stereocenters. The molecule has 67 heavy (non-hydrogen) atoms. The average Bonchev–Trinajstić information content (AvgIpc) is 3.26. The standard InChI is InChI=1S/2C22H40O11.Ca/c2*1-4-5-6-7-8-9-13(10-14(23)24)32-22-20(18(28)16(26)12(3)31-22)33-21-19(29)17(27)15(25)11(2)30-21;/h2*11-13,15-22,25-29H,4-10H2,1-3H3,(H,23,24);/q;;+2/p-2/t2*11-,12+,13?,15?,16+,17-,18-,19-,20-,21+,22+;/m11./s1. The SMILES string of the molecule is CCCCCCCC(CC(=O)[O-])O[C@@H]1O[C@@H](C)[C@H](O)[C@@H](O)[C@H]1O[C@@H]1O[C@H](C)C(O)[C@@H](O)[C@H]1O.CCCCCCCC(CC(=O)[O-])O[C@@H]1O[C@@H](C)[C@H](O)[C@@H](O)[C@H]1O[C@@H]1O[C@H](C)C(O)[C@@H](O)[C@H]1O.[Ca+2]. The zero-order chi connectivity index (χ0) is 49.4. The molecule has 4 rings (SSSR count). The number of carbonyl (C=O) groups excluding carboxylic acids is 2. The van der Waals surface area contributed by atoms with Crippen LogP contribution >= 0.6 is 0 Å². The second-order valence-corrected chi connectivity index (χ2v) is 18.0. The van der Waals surface area contributed by atoms with Crippen LogP contribution in [0.25, 0.3) is 0 Å². The summed E-state index contributed by atoms with van der Waals surface area (Å²) in [4.78, 5) is 22.5. The van der Waals surface area contributed by atoms with Crippen molar-refractivity contribution < 1.29 is 109 Å². The fraction of sp³-hybridized carbons (Fsp3) is 0.955. The Hall–Kier alpha value is -0.520. The third-order valence-electron chi connectivity index (χ3n) is 12.5. The van der Waals surface area contributed by atoms with E-state index in [0.29, 0.717) is 12.8 Å². The molecule has 4 fully saturated rings. The van der Waals surface area contributed by atoms with Gasteiger partial charge in [-0.1, -0.05) is 78.1 Å². The van der Waals surface area contributed by atoms with Crippen LogP contribution in [0.1, 0.15) is 131 Å². The van der Waals surface area contributed by atoms with E-state index in [9.17, 15) is 70.9 Å². The zero-order valence-electron chi connectivity index (χ0n) is 39.7. The average molecular weight is 999 g/mol. The van der Waals surface area contributed by atoms with Crippen LogP contribution in [-0.2, 0) is 47.5 Å².